The first-order valence-corrected chi connectivity index (χ1v) is 21.6. The zero-order valence-electron chi connectivity index (χ0n) is 34.3. The number of ether oxygens (including phenoxy) is 1. The van der Waals surface area contributed by atoms with E-state index in [4.69, 9.17) is 26.4 Å². The average Bonchev–Trinajstić information content (AvgIpc) is 4.06. The molecule has 62 heavy (non-hydrogen) atoms. The monoisotopic (exact) mass is 873 g/mol. The van der Waals surface area contributed by atoms with Crippen molar-refractivity contribution in [3.8, 4) is 5.75 Å². The predicted octanol–water partition coefficient (Wildman–Crippen LogP) is 5.34. The van der Waals surface area contributed by atoms with Gasteiger partial charge in [0, 0.05) is 82.2 Å². The number of imide groups is 1. The summed E-state index contributed by atoms with van der Waals surface area (Å²) in [7, 11) is 3.46. The lowest BCUT2D eigenvalue weighted by atomic mass is 9.92. The summed E-state index contributed by atoms with van der Waals surface area (Å²) < 4.78 is 55.0. The summed E-state index contributed by atoms with van der Waals surface area (Å²) >= 11 is 6.59. The summed E-state index contributed by atoms with van der Waals surface area (Å²) in [6.07, 6.45) is 3.04. The van der Waals surface area contributed by atoms with E-state index in [2.05, 4.69) is 36.8 Å². The summed E-state index contributed by atoms with van der Waals surface area (Å²) in [6, 6.07) is 10.1. The quantitative estimate of drug-likeness (QED) is 0.173. The first-order valence-electron chi connectivity index (χ1n) is 21.2. The number of nitrogens with zero attached hydrogens (tertiary/aromatic N) is 8. The second-order valence-corrected chi connectivity index (χ2v) is 17.7. The van der Waals surface area contributed by atoms with Crippen LogP contribution in [0.15, 0.2) is 47.4 Å². The number of piperidine rings is 2. The van der Waals surface area contributed by atoms with Crippen LogP contribution in [0.2, 0.25) is 5.02 Å². The van der Waals surface area contributed by atoms with Crippen LogP contribution in [-0.4, -0.2) is 112 Å². The average molecular weight is 874 g/mol. The fourth-order valence-electron chi connectivity index (χ4n) is 9.68. The van der Waals surface area contributed by atoms with E-state index in [1.807, 2.05) is 28.8 Å². The molecule has 3 aromatic heterocycles. The van der Waals surface area contributed by atoms with E-state index in [1.165, 1.54) is 10.8 Å². The molecule has 3 saturated heterocycles. The van der Waals surface area contributed by atoms with Crippen molar-refractivity contribution in [3.05, 3.63) is 63.7 Å². The van der Waals surface area contributed by atoms with Gasteiger partial charge in [0.15, 0.2) is 12.4 Å². The number of rotatable bonds is 8. The van der Waals surface area contributed by atoms with Gasteiger partial charge in [-0.15, -0.1) is 0 Å². The highest BCUT2D eigenvalue weighted by Gasteiger charge is 2.51. The van der Waals surface area contributed by atoms with E-state index in [1.54, 1.807) is 25.2 Å². The number of anilines is 5. The van der Waals surface area contributed by atoms with Gasteiger partial charge in [-0.05, 0) is 55.9 Å². The summed E-state index contributed by atoms with van der Waals surface area (Å²) in [6.45, 7) is 3.45. The van der Waals surface area contributed by atoms with Crippen LogP contribution in [0.25, 0.3) is 21.8 Å². The van der Waals surface area contributed by atoms with E-state index < -0.39 is 36.2 Å². The number of fused-ring (bicyclic) bond motifs is 4. The molecule has 10 rings (SSSR count). The minimum Gasteiger partial charge on any atom is -0.480 e. The van der Waals surface area contributed by atoms with Crippen molar-refractivity contribution in [2.75, 3.05) is 72.9 Å². The number of para-hydroxylation sites is 1. The number of hydrogen-bond donors (Lipinski definition) is 3. The minimum absolute atomic E-state index is 0.123. The fraction of sp³-hybridized carbons (Fsp3) is 0.488. The van der Waals surface area contributed by atoms with Gasteiger partial charge in [-0.25, -0.2) is 18.2 Å². The number of aryl methyl sites for hydroxylation is 2. The zero-order chi connectivity index (χ0) is 43.0. The molecule has 19 heteroatoms. The molecule has 1 aliphatic carbocycles. The number of amides is 2. The maximum absolute atomic E-state index is 16.0. The number of nitrogens with one attached hydrogen (secondary N) is 3. The standard InChI is InChI=1S/C43H47ClF3N11O4/c1-54-31-10-8-25(18-28(31)35-37(41(54)61)62-22-43(46,47)38(51-35)23-6-7-23)49-39-29(44)19-48-42(52-39)58-13-12-24(30(45)21-58)20-56-14-16-57(17-15-56)32-5-3-4-26-34(53-55(2)36(26)32)27-9-11-33(59)50-40(27)60/h3-5,8,10,18-19,23-24,27,30,38,51H,6-7,9,11-17,20-22H2,1-2H3,(H,48,49,52)(H,50,59,60)/t24-,27?,30+,38?/m1/s1. The molecule has 7 heterocycles. The highest BCUT2D eigenvalue weighted by molar-refractivity contribution is 6.33. The largest absolute Gasteiger partial charge is 0.480 e. The van der Waals surface area contributed by atoms with Gasteiger partial charge in [0.2, 0.25) is 23.5 Å². The topological polar surface area (TPSA) is 155 Å². The number of aromatic nitrogens is 5. The van der Waals surface area contributed by atoms with Gasteiger partial charge in [-0.2, -0.15) is 10.1 Å². The molecule has 3 N–H and O–H groups in total. The van der Waals surface area contributed by atoms with Crippen molar-refractivity contribution >= 4 is 74.0 Å². The molecule has 0 radical (unpaired) electrons. The molecule has 2 aromatic carbocycles. The maximum Gasteiger partial charge on any atom is 0.301 e. The SMILES string of the molecule is Cn1nc(C2CCC(=O)NC2=O)c2cccc(N3CCN(C[C@H]4CCN(c5ncc(Cl)c(Nc6ccc7c(c6)c6c(c(=O)n7C)OCC(F)(F)C(C7CC7)N6)n5)C[C@@H]4F)CC3)c21. The normalized spacial score (nSPS) is 24.4. The van der Waals surface area contributed by atoms with Crippen LogP contribution < -0.4 is 36.0 Å². The van der Waals surface area contributed by atoms with Crippen LogP contribution in [0.4, 0.5) is 42.0 Å². The summed E-state index contributed by atoms with van der Waals surface area (Å²) in [5.74, 6) is -4.09. The van der Waals surface area contributed by atoms with Crippen LogP contribution in [-0.2, 0) is 23.7 Å². The highest BCUT2D eigenvalue weighted by Crippen LogP contribution is 2.46. The van der Waals surface area contributed by atoms with Crippen molar-refractivity contribution in [3.63, 3.8) is 0 Å². The number of alkyl halides is 3. The molecular weight excluding hydrogens is 827 g/mol. The third kappa shape index (κ3) is 7.33. The molecule has 5 aromatic rings. The third-order valence-corrected chi connectivity index (χ3v) is 13.5. The van der Waals surface area contributed by atoms with Gasteiger partial charge < -0.3 is 29.7 Å². The number of halogens is 4. The fourth-order valence-corrected chi connectivity index (χ4v) is 9.81. The lowest BCUT2D eigenvalue weighted by Crippen LogP contribution is -2.51. The van der Waals surface area contributed by atoms with Crippen molar-refractivity contribution in [2.45, 2.75) is 56.2 Å². The Balaban J connectivity index is 0.791. The predicted molar refractivity (Wildman–Crippen MR) is 230 cm³/mol. The lowest BCUT2D eigenvalue weighted by molar-refractivity contribution is -0.134. The first kappa shape index (κ1) is 40.5. The van der Waals surface area contributed by atoms with E-state index in [9.17, 15) is 14.4 Å². The van der Waals surface area contributed by atoms with Gasteiger partial charge in [-0.3, -0.25) is 29.3 Å². The Kier molecular flexibility index (Phi) is 10.2. The van der Waals surface area contributed by atoms with E-state index >= 15 is 13.2 Å². The van der Waals surface area contributed by atoms with Crippen LogP contribution in [0.3, 0.4) is 0 Å². The molecule has 15 nitrogen and oxygen atoms in total. The van der Waals surface area contributed by atoms with E-state index in [-0.39, 0.29) is 53.1 Å². The van der Waals surface area contributed by atoms with Crippen LogP contribution in [0.1, 0.15) is 43.7 Å². The number of carbonyl (C=O) groups is 2. The van der Waals surface area contributed by atoms with Crippen molar-refractivity contribution in [2.24, 2.45) is 25.9 Å². The summed E-state index contributed by atoms with van der Waals surface area (Å²) in [5, 5.41) is 15.1. The number of hydrogen-bond acceptors (Lipinski definition) is 12. The Morgan fingerprint density at radius 3 is 2.55 bits per heavy atom. The Labute approximate surface area is 359 Å². The molecule has 4 fully saturated rings. The summed E-state index contributed by atoms with van der Waals surface area (Å²) in [4.78, 5) is 53.3. The van der Waals surface area contributed by atoms with Crippen LogP contribution in [0, 0.1) is 11.8 Å². The van der Waals surface area contributed by atoms with Gasteiger partial charge in [-0.1, -0.05) is 23.7 Å². The second kappa shape index (κ2) is 15.6. The van der Waals surface area contributed by atoms with E-state index in [0.717, 1.165) is 42.8 Å². The van der Waals surface area contributed by atoms with Crippen molar-refractivity contribution in [1.29, 1.82) is 0 Å². The molecule has 2 amide bonds. The third-order valence-electron chi connectivity index (χ3n) is 13.2. The number of carbonyl (C=O) groups excluding carboxylic acids is 2. The molecule has 4 atom stereocenters. The Morgan fingerprint density at radius 1 is 0.984 bits per heavy atom. The smallest absolute Gasteiger partial charge is 0.301 e. The molecule has 0 bridgehead atoms. The molecule has 0 spiro atoms. The number of benzene rings is 2. The number of pyridine rings is 1. The van der Waals surface area contributed by atoms with Gasteiger partial charge in [0.1, 0.15) is 11.2 Å². The summed E-state index contributed by atoms with van der Waals surface area (Å²) in [5.41, 5.74) is 3.48. The molecular formula is C43H47ClF3N11O4. The Bertz CT molecular complexity index is 2670. The van der Waals surface area contributed by atoms with Crippen molar-refractivity contribution in [1.82, 2.24) is 34.5 Å². The van der Waals surface area contributed by atoms with Crippen LogP contribution in [0.5, 0.6) is 5.75 Å². The lowest BCUT2D eigenvalue weighted by Gasteiger charge is -2.41. The molecule has 326 valence electrons. The zero-order valence-corrected chi connectivity index (χ0v) is 35.1. The van der Waals surface area contributed by atoms with Gasteiger partial charge in [0.25, 0.3) is 5.56 Å². The molecule has 1 saturated carbocycles. The highest BCUT2D eigenvalue weighted by atomic mass is 35.5. The second-order valence-electron chi connectivity index (χ2n) is 17.3. The van der Waals surface area contributed by atoms with Crippen molar-refractivity contribution < 1.29 is 27.5 Å². The van der Waals surface area contributed by atoms with E-state index in [0.29, 0.717) is 72.8 Å². The van der Waals surface area contributed by atoms with Crippen LogP contribution >= 0.6 is 11.6 Å². The first-order chi connectivity index (χ1) is 29.8. The van der Waals surface area contributed by atoms with Gasteiger partial charge in [0.05, 0.1) is 52.8 Å². The Hall–Kier alpha value is -5.62. The molecule has 4 aliphatic heterocycles. The Morgan fingerprint density at radius 2 is 1.79 bits per heavy atom. The molecule has 2 unspecified atom stereocenters. The van der Waals surface area contributed by atoms with Gasteiger partial charge >= 0.3 is 5.92 Å². The maximum atomic E-state index is 16.0. The minimum atomic E-state index is -3.16. The molecule has 5 aliphatic rings. The number of piperazine rings is 1.